The summed E-state index contributed by atoms with van der Waals surface area (Å²) in [5.41, 5.74) is -1.49. The van der Waals surface area contributed by atoms with Gasteiger partial charge in [0.05, 0.1) is 5.69 Å². The van der Waals surface area contributed by atoms with E-state index in [1.54, 1.807) is 30.3 Å². The number of tetrazole rings is 1. The van der Waals surface area contributed by atoms with E-state index in [2.05, 4.69) is 20.7 Å². The van der Waals surface area contributed by atoms with E-state index < -0.39 is 23.1 Å². The van der Waals surface area contributed by atoms with Crippen LogP contribution in [0, 0.1) is 5.82 Å². The second kappa shape index (κ2) is 6.77. The Hall–Kier alpha value is -3.17. The van der Waals surface area contributed by atoms with E-state index in [1.165, 1.54) is 31.4 Å². The molecule has 1 N–H and O–H groups in total. The lowest BCUT2D eigenvalue weighted by Crippen LogP contribution is -2.31. The number of rotatable bonds is 4. The predicted molar refractivity (Wildman–Crippen MR) is 98.6 cm³/mol. The van der Waals surface area contributed by atoms with Crippen molar-refractivity contribution >= 4 is 11.6 Å². The van der Waals surface area contributed by atoms with E-state index in [0.29, 0.717) is 10.6 Å². The summed E-state index contributed by atoms with van der Waals surface area (Å²) in [4.78, 5) is 12.3. The maximum atomic E-state index is 14.9. The summed E-state index contributed by atoms with van der Waals surface area (Å²) in [5.74, 6) is -0.716. The number of aliphatic hydroxyl groups is 1. The van der Waals surface area contributed by atoms with Gasteiger partial charge in [-0.25, -0.2) is 9.18 Å². The van der Waals surface area contributed by atoms with Crippen LogP contribution in [0.3, 0.4) is 0 Å². The lowest BCUT2D eigenvalue weighted by atomic mass is 9.81. The van der Waals surface area contributed by atoms with E-state index in [0.717, 1.165) is 9.36 Å². The third-order valence-corrected chi connectivity index (χ3v) is 4.85. The first-order chi connectivity index (χ1) is 13.4. The number of benzene rings is 2. The molecular weight excluding hydrogens is 387 g/mol. The van der Waals surface area contributed by atoms with Gasteiger partial charge in [-0.2, -0.15) is 19.6 Å². The van der Waals surface area contributed by atoms with Crippen LogP contribution in [-0.2, 0) is 12.6 Å². The van der Waals surface area contributed by atoms with Gasteiger partial charge in [-0.1, -0.05) is 29.8 Å². The van der Waals surface area contributed by atoms with Gasteiger partial charge in [0, 0.05) is 23.8 Å². The van der Waals surface area contributed by atoms with Gasteiger partial charge < -0.3 is 5.11 Å². The second-order valence-corrected chi connectivity index (χ2v) is 6.67. The summed E-state index contributed by atoms with van der Waals surface area (Å²) in [5, 5.41) is 27.2. The summed E-state index contributed by atoms with van der Waals surface area (Å²) >= 11 is 5.96. The Kier molecular flexibility index (Phi) is 4.40. The number of aromatic nitrogens is 4. The highest BCUT2D eigenvalue weighted by Gasteiger charge is 2.43. The van der Waals surface area contributed by atoms with Crippen LogP contribution in [0.1, 0.15) is 17.2 Å². The smallest absolute Gasteiger partial charge is 0.368 e. The molecule has 1 aromatic heterocycles. The summed E-state index contributed by atoms with van der Waals surface area (Å²) < 4.78 is 16.8. The fraction of sp³-hybridized carbons (Fsp3) is 0.167. The van der Waals surface area contributed by atoms with Crippen molar-refractivity contribution in [2.45, 2.75) is 11.6 Å². The second-order valence-electron chi connectivity index (χ2n) is 6.24. The fourth-order valence-electron chi connectivity index (χ4n) is 3.15. The Balaban J connectivity index is 1.92. The van der Waals surface area contributed by atoms with Crippen molar-refractivity contribution in [3.8, 4) is 5.69 Å². The minimum absolute atomic E-state index is 0.0643. The number of halogens is 2. The van der Waals surface area contributed by atoms with Crippen LogP contribution in [0.2, 0.25) is 5.02 Å². The summed E-state index contributed by atoms with van der Waals surface area (Å²) in [6, 6.07) is 10.7. The van der Waals surface area contributed by atoms with Crippen LogP contribution in [0.5, 0.6) is 0 Å². The van der Waals surface area contributed by atoms with Crippen molar-refractivity contribution in [1.29, 1.82) is 0 Å². The van der Waals surface area contributed by atoms with Gasteiger partial charge >= 0.3 is 5.69 Å². The lowest BCUT2D eigenvalue weighted by molar-refractivity contribution is 0.106. The first-order valence-corrected chi connectivity index (χ1v) is 8.63. The van der Waals surface area contributed by atoms with Crippen molar-refractivity contribution in [2.24, 2.45) is 17.3 Å². The molecule has 2 heterocycles. The Morgan fingerprint density at radius 2 is 1.93 bits per heavy atom. The number of aryl methyl sites for hydroxylation is 1. The van der Waals surface area contributed by atoms with Gasteiger partial charge in [0.1, 0.15) is 11.9 Å². The molecule has 2 atom stereocenters. The van der Waals surface area contributed by atoms with Crippen LogP contribution >= 0.6 is 11.6 Å². The van der Waals surface area contributed by atoms with Crippen LogP contribution in [-0.4, -0.2) is 24.9 Å². The molecule has 3 aromatic rings. The third kappa shape index (κ3) is 2.76. The molecule has 142 valence electrons. The van der Waals surface area contributed by atoms with Crippen molar-refractivity contribution in [2.75, 3.05) is 0 Å². The quantitative estimate of drug-likeness (QED) is 0.728. The topological polar surface area (TPSA) is 97.7 Å². The molecule has 2 aromatic carbocycles. The van der Waals surface area contributed by atoms with Crippen LogP contribution < -0.4 is 5.69 Å². The van der Waals surface area contributed by atoms with Gasteiger partial charge in [-0.15, -0.1) is 0 Å². The minimum atomic E-state index is -1.50. The summed E-state index contributed by atoms with van der Waals surface area (Å²) in [6.45, 7) is 0. The maximum absolute atomic E-state index is 14.9. The summed E-state index contributed by atoms with van der Waals surface area (Å²) in [7, 11) is 1.42. The van der Waals surface area contributed by atoms with E-state index in [-0.39, 0.29) is 11.3 Å². The van der Waals surface area contributed by atoms with E-state index in [9.17, 15) is 14.3 Å². The zero-order valence-electron chi connectivity index (χ0n) is 14.6. The van der Waals surface area contributed by atoms with E-state index in [4.69, 9.17) is 11.6 Å². The molecule has 0 radical (unpaired) electrons. The lowest BCUT2D eigenvalue weighted by Gasteiger charge is -2.30. The molecule has 0 fully saturated rings. The van der Waals surface area contributed by atoms with Crippen LogP contribution in [0.15, 0.2) is 69.8 Å². The number of nitrogens with zero attached hydrogens (tertiary/aromatic N) is 6. The molecule has 4 rings (SSSR count). The van der Waals surface area contributed by atoms with Crippen LogP contribution in [0.25, 0.3) is 5.69 Å². The normalized spacial score (nSPS) is 19.3. The molecular formula is C18H14ClFN6O2. The summed E-state index contributed by atoms with van der Waals surface area (Å²) in [6.07, 6.45) is 1.49. The Morgan fingerprint density at radius 3 is 2.54 bits per heavy atom. The zero-order valence-corrected chi connectivity index (χ0v) is 15.3. The number of hydrogen-bond acceptors (Lipinski definition) is 6. The highest BCUT2D eigenvalue weighted by Crippen LogP contribution is 2.45. The molecule has 8 nitrogen and oxygen atoms in total. The number of aliphatic hydroxyl groups excluding tert-OH is 1. The van der Waals surface area contributed by atoms with Gasteiger partial charge in [-0.05, 0) is 46.3 Å². The Bertz CT molecular complexity index is 1140. The molecule has 1 aliphatic heterocycles. The standard InChI is InChI=1S/C18H14ClFN6O2/c1-25-17(28)26(24-23-25)14-4-2-3-13(20)15(14)16(27)18(9-10-21-22-18)11-5-7-12(19)8-6-11/h2-10,16,27H,1H3. The molecule has 0 spiro atoms. The van der Waals surface area contributed by atoms with Gasteiger partial charge in [-0.3, -0.25) is 0 Å². The molecule has 0 saturated carbocycles. The Morgan fingerprint density at radius 1 is 1.18 bits per heavy atom. The van der Waals surface area contributed by atoms with Crippen molar-refractivity contribution < 1.29 is 9.50 Å². The molecule has 1 aliphatic rings. The van der Waals surface area contributed by atoms with Crippen molar-refractivity contribution in [3.63, 3.8) is 0 Å². The average Bonchev–Trinajstić information content (AvgIpc) is 3.30. The first-order valence-electron chi connectivity index (χ1n) is 8.25. The van der Waals surface area contributed by atoms with Gasteiger partial charge in [0.15, 0.2) is 5.54 Å². The van der Waals surface area contributed by atoms with Gasteiger partial charge in [0.25, 0.3) is 0 Å². The molecule has 2 unspecified atom stereocenters. The monoisotopic (exact) mass is 400 g/mol. The molecule has 0 amide bonds. The maximum Gasteiger partial charge on any atom is 0.368 e. The number of azo groups is 1. The Labute approximate surface area is 163 Å². The third-order valence-electron chi connectivity index (χ3n) is 4.60. The minimum Gasteiger partial charge on any atom is -0.385 e. The highest BCUT2D eigenvalue weighted by atomic mass is 35.5. The van der Waals surface area contributed by atoms with Crippen molar-refractivity contribution in [1.82, 2.24) is 19.8 Å². The largest absolute Gasteiger partial charge is 0.385 e. The van der Waals surface area contributed by atoms with Crippen molar-refractivity contribution in [3.05, 3.63) is 87.2 Å². The first kappa shape index (κ1) is 18.2. The molecule has 0 bridgehead atoms. The van der Waals surface area contributed by atoms with E-state index in [1.807, 2.05) is 0 Å². The van der Waals surface area contributed by atoms with Crippen LogP contribution in [0.4, 0.5) is 4.39 Å². The van der Waals surface area contributed by atoms with E-state index >= 15 is 0 Å². The number of hydrogen-bond donors (Lipinski definition) is 1. The zero-order chi connectivity index (χ0) is 19.9. The molecule has 0 aliphatic carbocycles. The SMILES string of the molecule is Cn1nnn(-c2cccc(F)c2C(O)C2(c3ccc(Cl)cc3)C=CN=N2)c1=O. The predicted octanol–water partition coefficient (Wildman–Crippen LogP) is 2.67. The highest BCUT2D eigenvalue weighted by molar-refractivity contribution is 6.30. The van der Waals surface area contributed by atoms with Gasteiger partial charge in [0.2, 0.25) is 0 Å². The molecule has 0 saturated heterocycles. The molecule has 10 heteroatoms. The fourth-order valence-corrected chi connectivity index (χ4v) is 3.28. The molecule has 28 heavy (non-hydrogen) atoms. The average molecular weight is 401 g/mol.